The number of benzene rings is 2. The van der Waals surface area contributed by atoms with E-state index < -0.39 is 11.6 Å². The normalized spacial score (nSPS) is 19.8. The Bertz CT molecular complexity index is 917. The van der Waals surface area contributed by atoms with Gasteiger partial charge < -0.3 is 9.64 Å². The van der Waals surface area contributed by atoms with Crippen LogP contribution in [0.5, 0.6) is 5.75 Å². The Labute approximate surface area is 175 Å². The number of imide groups is 1. The van der Waals surface area contributed by atoms with Crippen LogP contribution in [0.4, 0.5) is 10.5 Å². The van der Waals surface area contributed by atoms with Gasteiger partial charge in [-0.3, -0.25) is 4.79 Å². The van der Waals surface area contributed by atoms with E-state index in [1.165, 1.54) is 4.90 Å². The number of urea groups is 1. The van der Waals surface area contributed by atoms with Crippen molar-refractivity contribution in [2.24, 2.45) is 0 Å². The third-order valence-electron chi connectivity index (χ3n) is 4.77. The molecule has 142 valence electrons. The van der Waals surface area contributed by atoms with Gasteiger partial charge >= 0.3 is 6.03 Å². The van der Waals surface area contributed by atoms with Gasteiger partial charge in [-0.1, -0.05) is 45.2 Å². The molecule has 0 aliphatic carbocycles. The van der Waals surface area contributed by atoms with Gasteiger partial charge in [0.15, 0.2) is 0 Å². The first kappa shape index (κ1) is 20.0. The van der Waals surface area contributed by atoms with Crippen LogP contribution in [0.15, 0.2) is 40.9 Å². The minimum Gasteiger partial charge on any atom is -0.496 e. The average Bonchev–Trinajstić information content (AvgIpc) is 2.76. The Balaban J connectivity index is 2.01. The summed E-state index contributed by atoms with van der Waals surface area (Å²) < 4.78 is 6.29. The van der Waals surface area contributed by atoms with Gasteiger partial charge in [0.2, 0.25) is 0 Å². The van der Waals surface area contributed by atoms with Crippen molar-refractivity contribution in [2.45, 2.75) is 18.9 Å². The number of likely N-dealkylation sites (N-methyl/N-ethyl adjacent to an activating group) is 1. The lowest BCUT2D eigenvalue weighted by molar-refractivity contribution is -0.123. The van der Waals surface area contributed by atoms with Gasteiger partial charge in [-0.2, -0.15) is 0 Å². The van der Waals surface area contributed by atoms with Crippen LogP contribution >= 0.6 is 39.1 Å². The highest BCUT2D eigenvalue weighted by atomic mass is 79.9. The molecule has 0 N–H and O–H groups in total. The second-order valence-electron chi connectivity index (χ2n) is 6.52. The summed E-state index contributed by atoms with van der Waals surface area (Å²) in [6.07, 6.45) is 0.301. The summed E-state index contributed by atoms with van der Waals surface area (Å²) >= 11 is 15.5. The number of rotatable bonds is 4. The molecule has 1 heterocycles. The van der Waals surface area contributed by atoms with E-state index in [9.17, 15) is 9.59 Å². The minimum absolute atomic E-state index is 0.301. The number of hydrogen-bond donors (Lipinski definition) is 0. The number of anilines is 1. The molecule has 5 nitrogen and oxygen atoms in total. The quantitative estimate of drug-likeness (QED) is 0.578. The molecule has 27 heavy (non-hydrogen) atoms. The van der Waals surface area contributed by atoms with Crippen molar-refractivity contribution in [1.82, 2.24) is 4.90 Å². The summed E-state index contributed by atoms with van der Waals surface area (Å²) in [5.41, 5.74) is 0.0931. The van der Waals surface area contributed by atoms with Gasteiger partial charge in [-0.15, -0.1) is 0 Å². The zero-order valence-electron chi connectivity index (χ0n) is 14.9. The maximum Gasteiger partial charge on any atom is 0.332 e. The largest absolute Gasteiger partial charge is 0.496 e. The van der Waals surface area contributed by atoms with E-state index in [-0.39, 0.29) is 5.91 Å². The smallest absolute Gasteiger partial charge is 0.332 e. The molecule has 0 aromatic heterocycles. The van der Waals surface area contributed by atoms with Crippen LogP contribution in [0.3, 0.4) is 0 Å². The highest BCUT2D eigenvalue weighted by Crippen LogP contribution is 2.37. The molecule has 0 spiro atoms. The highest BCUT2D eigenvalue weighted by Gasteiger charge is 2.53. The predicted octanol–water partition coefficient (Wildman–Crippen LogP) is 5.16. The molecule has 3 amide bonds. The standard InChI is InChI=1S/C19H17BrCl2N2O3/c1-19(10-11-4-5-12(20)6-16(11)27-3)17(25)24(18(26)23(19)2)15-8-13(21)7-14(22)9-15/h4-9H,10H2,1-3H3. The van der Waals surface area contributed by atoms with Crippen molar-refractivity contribution < 1.29 is 14.3 Å². The van der Waals surface area contributed by atoms with E-state index in [0.717, 1.165) is 14.9 Å². The first-order chi connectivity index (χ1) is 12.7. The fourth-order valence-electron chi connectivity index (χ4n) is 3.16. The Morgan fingerprint density at radius 2 is 1.74 bits per heavy atom. The number of ether oxygens (including phenoxy) is 1. The van der Waals surface area contributed by atoms with Gasteiger partial charge in [-0.05, 0) is 42.8 Å². The van der Waals surface area contributed by atoms with E-state index in [1.54, 1.807) is 39.3 Å². The zero-order valence-corrected chi connectivity index (χ0v) is 18.0. The van der Waals surface area contributed by atoms with Gasteiger partial charge in [0, 0.05) is 28.0 Å². The molecule has 0 radical (unpaired) electrons. The molecule has 8 heteroatoms. The number of carbonyl (C=O) groups is 2. The topological polar surface area (TPSA) is 49.9 Å². The molecule has 2 aromatic rings. The lowest BCUT2D eigenvalue weighted by Crippen LogP contribution is -2.47. The van der Waals surface area contributed by atoms with Crippen LogP contribution in [0.2, 0.25) is 10.0 Å². The van der Waals surface area contributed by atoms with Crippen molar-refractivity contribution in [3.8, 4) is 5.75 Å². The third kappa shape index (κ3) is 3.53. The fraction of sp³-hybridized carbons (Fsp3) is 0.263. The van der Waals surface area contributed by atoms with Crippen LogP contribution < -0.4 is 9.64 Å². The van der Waals surface area contributed by atoms with E-state index >= 15 is 0 Å². The number of halogens is 3. The van der Waals surface area contributed by atoms with Crippen molar-refractivity contribution >= 4 is 56.8 Å². The van der Waals surface area contributed by atoms with E-state index in [2.05, 4.69) is 15.9 Å². The Kier molecular flexibility index (Phi) is 5.43. The summed E-state index contributed by atoms with van der Waals surface area (Å²) in [6.45, 7) is 1.74. The Morgan fingerprint density at radius 3 is 2.33 bits per heavy atom. The molecule has 0 saturated carbocycles. The number of methoxy groups -OCH3 is 1. The first-order valence-corrected chi connectivity index (χ1v) is 9.63. The number of nitrogens with zero attached hydrogens (tertiary/aromatic N) is 2. The number of hydrogen-bond acceptors (Lipinski definition) is 3. The second-order valence-corrected chi connectivity index (χ2v) is 8.31. The van der Waals surface area contributed by atoms with Crippen LogP contribution in [0, 0.1) is 0 Å². The molecule has 1 atom stereocenters. The lowest BCUT2D eigenvalue weighted by Gasteiger charge is -2.29. The Morgan fingerprint density at radius 1 is 1.11 bits per heavy atom. The van der Waals surface area contributed by atoms with Crippen molar-refractivity contribution in [1.29, 1.82) is 0 Å². The fourth-order valence-corrected chi connectivity index (χ4v) is 4.01. The van der Waals surface area contributed by atoms with E-state index in [0.29, 0.717) is 27.9 Å². The molecular formula is C19H17BrCl2N2O3. The zero-order chi connectivity index (χ0) is 19.9. The minimum atomic E-state index is -1.08. The average molecular weight is 472 g/mol. The van der Waals surface area contributed by atoms with E-state index in [4.69, 9.17) is 27.9 Å². The molecule has 1 fully saturated rings. The molecule has 1 aliphatic heterocycles. The van der Waals surface area contributed by atoms with Crippen LogP contribution in [-0.4, -0.2) is 36.5 Å². The second kappa shape index (κ2) is 7.34. The highest BCUT2D eigenvalue weighted by molar-refractivity contribution is 9.10. The first-order valence-electron chi connectivity index (χ1n) is 8.08. The van der Waals surface area contributed by atoms with Crippen molar-refractivity contribution in [2.75, 3.05) is 19.1 Å². The summed E-state index contributed by atoms with van der Waals surface area (Å²) in [4.78, 5) is 28.7. The summed E-state index contributed by atoms with van der Waals surface area (Å²) in [6, 6.07) is 9.78. The molecule has 2 aromatic carbocycles. The monoisotopic (exact) mass is 470 g/mol. The summed E-state index contributed by atoms with van der Waals surface area (Å²) in [5.74, 6) is 0.293. The molecule has 1 saturated heterocycles. The molecule has 0 bridgehead atoms. The SMILES string of the molecule is COc1cc(Br)ccc1CC1(C)C(=O)N(c2cc(Cl)cc(Cl)c2)C(=O)N1C. The van der Waals surface area contributed by atoms with Crippen molar-refractivity contribution in [3.63, 3.8) is 0 Å². The number of amides is 3. The Hall–Kier alpha value is -1.76. The van der Waals surface area contributed by atoms with Gasteiger partial charge in [0.25, 0.3) is 5.91 Å². The van der Waals surface area contributed by atoms with Crippen LogP contribution in [-0.2, 0) is 11.2 Å². The maximum absolute atomic E-state index is 13.3. The predicted molar refractivity (Wildman–Crippen MR) is 110 cm³/mol. The van der Waals surface area contributed by atoms with Gasteiger partial charge in [0.05, 0.1) is 12.8 Å². The third-order valence-corrected chi connectivity index (χ3v) is 5.70. The van der Waals surface area contributed by atoms with E-state index in [1.807, 2.05) is 18.2 Å². The van der Waals surface area contributed by atoms with Gasteiger partial charge in [-0.25, -0.2) is 9.69 Å². The lowest BCUT2D eigenvalue weighted by atomic mass is 9.91. The maximum atomic E-state index is 13.3. The number of carbonyl (C=O) groups excluding carboxylic acids is 2. The summed E-state index contributed by atoms with van der Waals surface area (Å²) in [7, 11) is 3.18. The molecule has 3 rings (SSSR count). The van der Waals surface area contributed by atoms with Gasteiger partial charge in [0.1, 0.15) is 11.3 Å². The molecular weight excluding hydrogens is 455 g/mol. The van der Waals surface area contributed by atoms with Crippen LogP contribution in [0.1, 0.15) is 12.5 Å². The van der Waals surface area contributed by atoms with Crippen molar-refractivity contribution in [3.05, 3.63) is 56.5 Å². The molecule has 1 unspecified atom stereocenters. The molecule has 1 aliphatic rings. The van der Waals surface area contributed by atoms with Crippen LogP contribution in [0.25, 0.3) is 0 Å². The summed E-state index contributed by atoms with van der Waals surface area (Å²) in [5, 5.41) is 0.702.